The fourth-order valence-electron chi connectivity index (χ4n) is 1.16. The van der Waals surface area contributed by atoms with E-state index in [0.29, 0.717) is 12.6 Å². The lowest BCUT2D eigenvalue weighted by molar-refractivity contribution is 0.500. The SMILES string of the molecule is CCN1CC1CNP(=O)(Cl)N(C)C. The van der Waals surface area contributed by atoms with E-state index in [1.54, 1.807) is 14.1 Å². The van der Waals surface area contributed by atoms with Crippen LogP contribution in [0.3, 0.4) is 0 Å². The van der Waals surface area contributed by atoms with Gasteiger partial charge in [-0.25, -0.2) is 9.76 Å². The van der Waals surface area contributed by atoms with Crippen LogP contribution in [0.25, 0.3) is 0 Å². The van der Waals surface area contributed by atoms with Gasteiger partial charge in [-0.15, -0.1) is 0 Å². The van der Waals surface area contributed by atoms with Gasteiger partial charge in [0.25, 0.3) is 0 Å². The van der Waals surface area contributed by atoms with Crippen LogP contribution in [0.15, 0.2) is 0 Å². The molecule has 0 aromatic carbocycles. The number of hydrogen-bond acceptors (Lipinski definition) is 2. The number of hydrogen-bond donors (Lipinski definition) is 1. The first-order valence-corrected chi connectivity index (χ1v) is 7.00. The second kappa shape index (κ2) is 4.28. The van der Waals surface area contributed by atoms with Gasteiger partial charge in [-0.05, 0) is 31.9 Å². The van der Waals surface area contributed by atoms with E-state index in [1.807, 2.05) is 0 Å². The van der Waals surface area contributed by atoms with Crippen LogP contribution in [0.5, 0.6) is 0 Å². The summed E-state index contributed by atoms with van der Waals surface area (Å²) in [4.78, 5) is 2.29. The summed E-state index contributed by atoms with van der Waals surface area (Å²) in [6.45, 7) is 2.19. The Labute approximate surface area is 84.5 Å². The Morgan fingerprint density at radius 2 is 2.31 bits per heavy atom. The minimum Gasteiger partial charge on any atom is -0.296 e. The smallest absolute Gasteiger partial charge is 0.296 e. The van der Waals surface area contributed by atoms with E-state index in [4.69, 9.17) is 11.2 Å². The summed E-state index contributed by atoms with van der Waals surface area (Å²) in [7, 11) is 3.43. The topological polar surface area (TPSA) is 35.4 Å². The third kappa shape index (κ3) is 3.22. The molecule has 0 amide bonds. The number of rotatable bonds is 5. The lowest BCUT2D eigenvalue weighted by Crippen LogP contribution is -2.23. The molecule has 1 aliphatic heterocycles. The minimum absolute atomic E-state index is 0.525. The first-order valence-electron chi connectivity index (χ1n) is 4.44. The standard InChI is InChI=1S/C7H17ClN3OP/c1-4-11-6-7(11)5-9-13(8,12)10(2)3/h7H,4-6H2,1-3H3,(H,9,12). The molecule has 1 N–H and O–H groups in total. The van der Waals surface area contributed by atoms with Gasteiger partial charge in [0.15, 0.2) is 0 Å². The fourth-order valence-corrected chi connectivity index (χ4v) is 2.09. The maximum atomic E-state index is 11.6. The van der Waals surface area contributed by atoms with Crippen LogP contribution in [0, 0.1) is 0 Å². The van der Waals surface area contributed by atoms with Crippen molar-refractivity contribution in [3.8, 4) is 0 Å². The second-order valence-electron chi connectivity index (χ2n) is 3.45. The summed E-state index contributed by atoms with van der Waals surface area (Å²) >= 11 is 5.79. The highest BCUT2D eigenvalue weighted by molar-refractivity contribution is 7.85. The molecule has 0 aliphatic carbocycles. The largest absolute Gasteiger partial charge is 0.301 e. The predicted molar refractivity (Wildman–Crippen MR) is 56.2 cm³/mol. The van der Waals surface area contributed by atoms with Crippen molar-refractivity contribution in [2.75, 3.05) is 33.7 Å². The van der Waals surface area contributed by atoms with Crippen molar-refractivity contribution in [2.24, 2.45) is 0 Å². The van der Waals surface area contributed by atoms with E-state index < -0.39 is 6.80 Å². The van der Waals surface area contributed by atoms with E-state index in [0.717, 1.165) is 13.1 Å². The molecule has 0 bridgehead atoms. The van der Waals surface area contributed by atoms with Crippen molar-refractivity contribution in [3.05, 3.63) is 0 Å². The zero-order chi connectivity index (χ0) is 10.1. The number of nitrogens with zero attached hydrogens (tertiary/aromatic N) is 2. The second-order valence-corrected chi connectivity index (χ2v) is 6.95. The molecular weight excluding hydrogens is 209 g/mol. The van der Waals surface area contributed by atoms with Crippen LogP contribution in [-0.2, 0) is 4.57 Å². The molecule has 6 heteroatoms. The van der Waals surface area contributed by atoms with Crippen LogP contribution in [0.2, 0.25) is 0 Å². The molecule has 1 aliphatic rings. The van der Waals surface area contributed by atoms with E-state index in [-0.39, 0.29) is 0 Å². The number of nitrogens with one attached hydrogen (secondary N) is 1. The lowest BCUT2D eigenvalue weighted by atomic mass is 10.5. The van der Waals surface area contributed by atoms with Crippen LogP contribution in [0.1, 0.15) is 6.92 Å². The summed E-state index contributed by atoms with van der Waals surface area (Å²) < 4.78 is 13.1. The summed E-state index contributed by atoms with van der Waals surface area (Å²) in [5.74, 6) is 0. The molecule has 13 heavy (non-hydrogen) atoms. The molecular formula is C7H17ClN3OP. The van der Waals surface area contributed by atoms with Gasteiger partial charge in [0.05, 0.1) is 0 Å². The van der Waals surface area contributed by atoms with E-state index >= 15 is 0 Å². The number of halogens is 1. The van der Waals surface area contributed by atoms with Gasteiger partial charge in [0, 0.05) is 19.1 Å². The van der Waals surface area contributed by atoms with Crippen LogP contribution in [0.4, 0.5) is 0 Å². The molecule has 0 radical (unpaired) electrons. The zero-order valence-corrected chi connectivity index (χ0v) is 9.98. The summed E-state index contributed by atoms with van der Waals surface area (Å²) in [6.07, 6.45) is 0. The third-order valence-corrected chi connectivity index (χ3v) is 5.14. The first kappa shape index (κ1) is 11.5. The zero-order valence-electron chi connectivity index (χ0n) is 8.33. The molecule has 0 aromatic rings. The van der Waals surface area contributed by atoms with Gasteiger partial charge < -0.3 is 0 Å². The maximum Gasteiger partial charge on any atom is 0.301 e. The normalized spacial score (nSPS) is 31.8. The Balaban J connectivity index is 2.23. The molecule has 1 fully saturated rings. The molecule has 3 atom stereocenters. The van der Waals surface area contributed by atoms with E-state index in [9.17, 15) is 4.57 Å². The Hall–Kier alpha value is 0.400. The fraction of sp³-hybridized carbons (Fsp3) is 1.00. The molecule has 0 saturated carbocycles. The Bertz CT molecular complexity index is 224. The lowest BCUT2D eigenvalue weighted by Gasteiger charge is -2.18. The third-order valence-electron chi connectivity index (χ3n) is 2.27. The van der Waals surface area contributed by atoms with Crippen LogP contribution < -0.4 is 5.09 Å². The highest BCUT2D eigenvalue weighted by Gasteiger charge is 2.34. The van der Waals surface area contributed by atoms with Crippen molar-refractivity contribution < 1.29 is 4.57 Å². The van der Waals surface area contributed by atoms with Gasteiger partial charge >= 0.3 is 6.80 Å². The van der Waals surface area contributed by atoms with E-state index in [2.05, 4.69) is 16.9 Å². The van der Waals surface area contributed by atoms with Crippen molar-refractivity contribution in [2.45, 2.75) is 13.0 Å². The molecule has 0 spiro atoms. The van der Waals surface area contributed by atoms with Crippen molar-refractivity contribution in [1.29, 1.82) is 0 Å². The average molecular weight is 226 g/mol. The summed E-state index contributed by atoms with van der Waals surface area (Å²) in [5.41, 5.74) is 0. The molecule has 78 valence electrons. The van der Waals surface area contributed by atoms with Gasteiger partial charge in [0.1, 0.15) is 0 Å². The Morgan fingerprint density at radius 1 is 1.69 bits per heavy atom. The quantitative estimate of drug-likeness (QED) is 0.563. The van der Waals surface area contributed by atoms with Crippen molar-refractivity contribution in [3.63, 3.8) is 0 Å². The van der Waals surface area contributed by atoms with Gasteiger partial charge in [0.2, 0.25) is 0 Å². The highest BCUT2D eigenvalue weighted by Crippen LogP contribution is 2.48. The number of likely N-dealkylation sites (N-methyl/N-ethyl adjacent to an activating group) is 1. The van der Waals surface area contributed by atoms with Crippen molar-refractivity contribution >= 4 is 18.0 Å². The molecule has 1 saturated heterocycles. The van der Waals surface area contributed by atoms with Gasteiger partial charge in [-0.2, -0.15) is 0 Å². The predicted octanol–water partition coefficient (Wildman–Crippen LogP) is 1.19. The van der Waals surface area contributed by atoms with E-state index in [1.165, 1.54) is 4.67 Å². The molecule has 1 rings (SSSR count). The highest BCUT2D eigenvalue weighted by atomic mass is 35.7. The van der Waals surface area contributed by atoms with Crippen LogP contribution in [-0.4, -0.2) is 49.3 Å². The summed E-state index contributed by atoms with van der Waals surface area (Å²) in [5, 5.41) is 2.89. The Morgan fingerprint density at radius 3 is 2.69 bits per heavy atom. The summed E-state index contributed by atoms with van der Waals surface area (Å²) in [6, 6.07) is 0.525. The van der Waals surface area contributed by atoms with Gasteiger partial charge in [-0.1, -0.05) is 6.92 Å². The average Bonchev–Trinajstić information content (AvgIpc) is 2.79. The van der Waals surface area contributed by atoms with Gasteiger partial charge in [-0.3, -0.25) is 9.46 Å². The minimum atomic E-state index is -2.79. The molecule has 4 nitrogen and oxygen atoms in total. The van der Waals surface area contributed by atoms with Crippen molar-refractivity contribution in [1.82, 2.24) is 14.7 Å². The first-order chi connectivity index (χ1) is 5.97. The van der Waals surface area contributed by atoms with Crippen LogP contribution >= 0.6 is 18.0 Å². The monoisotopic (exact) mass is 225 g/mol. The molecule has 0 aromatic heterocycles. The molecule has 3 unspecified atom stereocenters. The maximum absolute atomic E-state index is 11.6. The molecule has 1 heterocycles. The Kier molecular flexibility index (Phi) is 3.78.